The van der Waals surface area contributed by atoms with Crippen molar-refractivity contribution in [1.82, 2.24) is 5.32 Å². The first-order valence-electron chi connectivity index (χ1n) is 7.44. The molecule has 0 aliphatic heterocycles. The van der Waals surface area contributed by atoms with Gasteiger partial charge in [-0.15, -0.1) is 0 Å². The van der Waals surface area contributed by atoms with Crippen molar-refractivity contribution in [3.8, 4) is 5.75 Å². The van der Waals surface area contributed by atoms with Gasteiger partial charge < -0.3 is 10.1 Å². The molecule has 106 valence electrons. The normalized spacial score (nSPS) is 14.6. The summed E-state index contributed by atoms with van der Waals surface area (Å²) in [5.41, 5.74) is 1.39. The lowest BCUT2D eigenvalue weighted by atomic mass is 10.1. The number of aryl methyl sites for hydroxylation is 1. The van der Waals surface area contributed by atoms with Gasteiger partial charge in [0.1, 0.15) is 5.75 Å². The van der Waals surface area contributed by atoms with E-state index in [1.54, 1.807) is 0 Å². The van der Waals surface area contributed by atoms with Crippen molar-refractivity contribution in [3.05, 3.63) is 28.2 Å². The Kier molecular flexibility index (Phi) is 6.18. The topological polar surface area (TPSA) is 21.3 Å². The summed E-state index contributed by atoms with van der Waals surface area (Å²) in [6.07, 6.45) is 7.79. The molecular weight excluding hydrogens is 302 g/mol. The highest BCUT2D eigenvalue weighted by molar-refractivity contribution is 9.10. The molecule has 0 spiro atoms. The number of ether oxygens (including phenoxy) is 1. The van der Waals surface area contributed by atoms with E-state index in [1.165, 1.54) is 48.7 Å². The summed E-state index contributed by atoms with van der Waals surface area (Å²) >= 11 is 3.63. The second kappa shape index (κ2) is 7.91. The van der Waals surface area contributed by atoms with Gasteiger partial charge in [-0.05, 0) is 63.3 Å². The Labute approximate surface area is 125 Å². The number of nitrogens with one attached hydrogen (secondary N) is 1. The molecule has 1 aromatic rings. The SMILES string of the molecule is CCOc1ccc(CCCCCNC2CC2)c(Br)c1. The molecule has 0 heterocycles. The van der Waals surface area contributed by atoms with Crippen molar-refractivity contribution in [2.24, 2.45) is 0 Å². The summed E-state index contributed by atoms with van der Waals surface area (Å²) in [5.74, 6) is 0.951. The Balaban J connectivity index is 1.63. The summed E-state index contributed by atoms with van der Waals surface area (Å²) in [7, 11) is 0. The first kappa shape index (κ1) is 14.9. The van der Waals surface area contributed by atoms with Crippen molar-refractivity contribution in [2.45, 2.75) is 51.5 Å². The van der Waals surface area contributed by atoms with Crippen LogP contribution in [0.15, 0.2) is 22.7 Å². The van der Waals surface area contributed by atoms with Crippen LogP contribution in [0.4, 0.5) is 0 Å². The third-order valence-corrected chi connectivity index (χ3v) is 4.21. The van der Waals surface area contributed by atoms with E-state index < -0.39 is 0 Å². The van der Waals surface area contributed by atoms with Gasteiger partial charge in [0.15, 0.2) is 0 Å². The minimum atomic E-state index is 0.722. The predicted molar refractivity (Wildman–Crippen MR) is 83.9 cm³/mol. The second-order valence-corrected chi connectivity index (χ2v) is 6.08. The van der Waals surface area contributed by atoms with E-state index in [2.05, 4.69) is 39.4 Å². The van der Waals surface area contributed by atoms with E-state index >= 15 is 0 Å². The molecule has 1 saturated carbocycles. The summed E-state index contributed by atoms with van der Waals surface area (Å²) in [6, 6.07) is 7.17. The van der Waals surface area contributed by atoms with Crippen LogP contribution in [0, 0.1) is 0 Å². The van der Waals surface area contributed by atoms with Crippen LogP contribution in [0.25, 0.3) is 0 Å². The average molecular weight is 326 g/mol. The molecule has 0 amide bonds. The van der Waals surface area contributed by atoms with Crippen LogP contribution in [-0.2, 0) is 6.42 Å². The highest BCUT2D eigenvalue weighted by Crippen LogP contribution is 2.24. The minimum absolute atomic E-state index is 0.722. The van der Waals surface area contributed by atoms with Gasteiger partial charge in [0.25, 0.3) is 0 Å². The van der Waals surface area contributed by atoms with E-state index in [-0.39, 0.29) is 0 Å². The molecule has 0 bridgehead atoms. The number of halogens is 1. The molecule has 1 aromatic carbocycles. The number of hydrogen-bond donors (Lipinski definition) is 1. The molecule has 19 heavy (non-hydrogen) atoms. The van der Waals surface area contributed by atoms with Crippen molar-refractivity contribution in [3.63, 3.8) is 0 Å². The lowest BCUT2D eigenvalue weighted by Gasteiger charge is -2.08. The van der Waals surface area contributed by atoms with Gasteiger partial charge in [0.05, 0.1) is 6.61 Å². The highest BCUT2D eigenvalue weighted by Gasteiger charge is 2.19. The van der Waals surface area contributed by atoms with E-state index in [9.17, 15) is 0 Å². The maximum absolute atomic E-state index is 5.49. The first-order chi connectivity index (χ1) is 9.29. The van der Waals surface area contributed by atoms with Crippen LogP contribution in [0.5, 0.6) is 5.75 Å². The Morgan fingerprint density at radius 3 is 2.79 bits per heavy atom. The Bertz CT molecular complexity index is 390. The van der Waals surface area contributed by atoms with Crippen LogP contribution >= 0.6 is 15.9 Å². The maximum atomic E-state index is 5.49. The molecule has 2 nitrogen and oxygen atoms in total. The largest absolute Gasteiger partial charge is 0.494 e. The quantitative estimate of drug-likeness (QED) is 0.683. The zero-order valence-electron chi connectivity index (χ0n) is 11.8. The van der Waals surface area contributed by atoms with Crippen molar-refractivity contribution in [1.29, 1.82) is 0 Å². The van der Waals surface area contributed by atoms with Gasteiger partial charge in [-0.2, -0.15) is 0 Å². The molecule has 0 aromatic heterocycles. The second-order valence-electron chi connectivity index (χ2n) is 5.23. The molecule has 0 saturated heterocycles. The maximum Gasteiger partial charge on any atom is 0.120 e. The zero-order chi connectivity index (χ0) is 13.5. The van der Waals surface area contributed by atoms with Crippen molar-refractivity contribution >= 4 is 15.9 Å². The highest BCUT2D eigenvalue weighted by atomic mass is 79.9. The van der Waals surface area contributed by atoms with Crippen molar-refractivity contribution < 1.29 is 4.74 Å². The molecule has 1 aliphatic carbocycles. The molecule has 1 fully saturated rings. The Morgan fingerprint density at radius 1 is 1.26 bits per heavy atom. The predicted octanol–water partition coefficient (Wildman–Crippen LogP) is 4.31. The number of rotatable bonds is 9. The fourth-order valence-corrected chi connectivity index (χ4v) is 2.75. The number of unbranched alkanes of at least 4 members (excludes halogenated alkanes) is 2. The van der Waals surface area contributed by atoms with Gasteiger partial charge >= 0.3 is 0 Å². The summed E-state index contributed by atoms with van der Waals surface area (Å²) < 4.78 is 6.66. The molecule has 1 N–H and O–H groups in total. The van der Waals surface area contributed by atoms with Gasteiger partial charge in [-0.1, -0.05) is 28.4 Å². The van der Waals surface area contributed by atoms with Crippen molar-refractivity contribution in [2.75, 3.05) is 13.2 Å². The lowest BCUT2D eigenvalue weighted by Crippen LogP contribution is -2.17. The van der Waals surface area contributed by atoms with Gasteiger partial charge in [-0.3, -0.25) is 0 Å². The third kappa shape index (κ3) is 5.53. The molecule has 2 rings (SSSR count). The van der Waals surface area contributed by atoms with E-state index in [0.717, 1.165) is 24.8 Å². The fourth-order valence-electron chi connectivity index (χ4n) is 2.20. The van der Waals surface area contributed by atoms with E-state index in [1.807, 2.05) is 6.92 Å². The summed E-state index contributed by atoms with van der Waals surface area (Å²) in [4.78, 5) is 0. The molecule has 0 unspecified atom stereocenters. The summed E-state index contributed by atoms with van der Waals surface area (Å²) in [6.45, 7) is 3.92. The fraction of sp³-hybridized carbons (Fsp3) is 0.625. The van der Waals surface area contributed by atoms with Crippen LogP contribution < -0.4 is 10.1 Å². The van der Waals surface area contributed by atoms with Crippen LogP contribution in [0.2, 0.25) is 0 Å². The minimum Gasteiger partial charge on any atom is -0.494 e. The Hall–Kier alpha value is -0.540. The molecule has 3 heteroatoms. The van der Waals surface area contributed by atoms with E-state index in [4.69, 9.17) is 4.74 Å². The van der Waals surface area contributed by atoms with Gasteiger partial charge in [0.2, 0.25) is 0 Å². The summed E-state index contributed by atoms with van der Waals surface area (Å²) in [5, 5.41) is 3.56. The molecule has 0 atom stereocenters. The zero-order valence-corrected chi connectivity index (χ0v) is 13.3. The first-order valence-corrected chi connectivity index (χ1v) is 8.23. The van der Waals surface area contributed by atoms with E-state index in [0.29, 0.717) is 0 Å². The van der Waals surface area contributed by atoms with Crippen LogP contribution in [0.3, 0.4) is 0 Å². The number of benzene rings is 1. The number of hydrogen-bond acceptors (Lipinski definition) is 2. The van der Waals surface area contributed by atoms with Crippen LogP contribution in [0.1, 0.15) is 44.6 Å². The average Bonchev–Trinajstić information content (AvgIpc) is 3.20. The monoisotopic (exact) mass is 325 g/mol. The molecular formula is C16H24BrNO. The molecule has 0 radical (unpaired) electrons. The van der Waals surface area contributed by atoms with Crippen LogP contribution in [-0.4, -0.2) is 19.2 Å². The standard InChI is InChI=1S/C16H24BrNO/c1-2-19-15-10-7-13(16(17)12-15)6-4-3-5-11-18-14-8-9-14/h7,10,12,14,18H,2-6,8-9,11H2,1H3. The third-order valence-electron chi connectivity index (χ3n) is 3.47. The Morgan fingerprint density at radius 2 is 2.11 bits per heavy atom. The lowest BCUT2D eigenvalue weighted by molar-refractivity contribution is 0.340. The smallest absolute Gasteiger partial charge is 0.120 e. The van der Waals surface area contributed by atoms with Gasteiger partial charge in [-0.25, -0.2) is 0 Å². The molecule has 1 aliphatic rings. The van der Waals surface area contributed by atoms with Gasteiger partial charge in [0, 0.05) is 10.5 Å².